The molecule has 9 heteroatoms. The minimum absolute atomic E-state index is 0.00435. The van der Waals surface area contributed by atoms with Gasteiger partial charge in [0.25, 0.3) is 0 Å². The lowest BCUT2D eigenvalue weighted by molar-refractivity contribution is -0.127. The van der Waals surface area contributed by atoms with Crippen LogP contribution < -0.4 is 0 Å². The molecule has 152 valence electrons. The van der Waals surface area contributed by atoms with Crippen LogP contribution in [0.5, 0.6) is 0 Å². The topological polar surface area (TPSA) is 99.3 Å². The Morgan fingerprint density at radius 3 is 2.41 bits per heavy atom. The van der Waals surface area contributed by atoms with Crippen molar-refractivity contribution in [1.29, 1.82) is 5.26 Å². The maximum atomic E-state index is 12.9. The first-order valence-electron chi connectivity index (χ1n) is 9.22. The maximum absolute atomic E-state index is 12.9. The Morgan fingerprint density at radius 2 is 1.83 bits per heavy atom. The highest BCUT2D eigenvalue weighted by Crippen LogP contribution is 2.21. The number of piperazine rings is 1. The average Bonchev–Trinajstić information content (AvgIpc) is 2.97. The van der Waals surface area contributed by atoms with E-state index in [4.69, 9.17) is 0 Å². The summed E-state index contributed by atoms with van der Waals surface area (Å²) < 4.78 is 28.9. The third-order valence-corrected chi connectivity index (χ3v) is 7.09. The van der Waals surface area contributed by atoms with Crippen LogP contribution in [0.25, 0.3) is 6.08 Å². The fraction of sp³-hybridized carbons (Fsp3) is 0.350. The van der Waals surface area contributed by atoms with E-state index in [0.29, 0.717) is 13.1 Å². The highest BCUT2D eigenvalue weighted by molar-refractivity contribution is 7.89. The SMILES string of the molecule is Cc1nn(C)c(C)c1/C=C/C(=O)N1CCN(S(=O)(=O)c2ccccc2C#N)CC1. The highest BCUT2D eigenvalue weighted by atomic mass is 32.2. The van der Waals surface area contributed by atoms with E-state index in [9.17, 15) is 18.5 Å². The largest absolute Gasteiger partial charge is 0.337 e. The van der Waals surface area contributed by atoms with Crippen molar-refractivity contribution in [3.8, 4) is 6.07 Å². The van der Waals surface area contributed by atoms with Gasteiger partial charge in [0.2, 0.25) is 15.9 Å². The van der Waals surface area contributed by atoms with E-state index in [0.717, 1.165) is 17.0 Å². The number of nitrogens with zero attached hydrogens (tertiary/aromatic N) is 5. The third kappa shape index (κ3) is 4.09. The Kier molecular flexibility index (Phi) is 5.86. The van der Waals surface area contributed by atoms with Crippen molar-refractivity contribution < 1.29 is 13.2 Å². The fourth-order valence-corrected chi connectivity index (χ4v) is 4.93. The maximum Gasteiger partial charge on any atom is 0.246 e. The summed E-state index contributed by atoms with van der Waals surface area (Å²) in [5.41, 5.74) is 2.85. The van der Waals surface area contributed by atoms with E-state index >= 15 is 0 Å². The summed E-state index contributed by atoms with van der Waals surface area (Å²) in [7, 11) is -1.92. The standard InChI is InChI=1S/C20H23N5O3S/c1-15-18(16(2)23(3)22-15)8-9-20(26)24-10-12-25(13-11-24)29(27,28)19-7-5-4-6-17(19)14-21/h4-9H,10-13H2,1-3H3/b9-8+. The number of benzene rings is 1. The lowest BCUT2D eigenvalue weighted by atomic mass is 10.2. The van der Waals surface area contributed by atoms with Crippen LogP contribution in [0.2, 0.25) is 0 Å². The van der Waals surface area contributed by atoms with Crippen molar-refractivity contribution in [3.63, 3.8) is 0 Å². The molecule has 0 radical (unpaired) electrons. The number of hydrogen-bond acceptors (Lipinski definition) is 5. The van der Waals surface area contributed by atoms with E-state index in [-0.39, 0.29) is 29.5 Å². The monoisotopic (exact) mass is 413 g/mol. The molecule has 8 nitrogen and oxygen atoms in total. The number of aromatic nitrogens is 2. The fourth-order valence-electron chi connectivity index (χ4n) is 3.36. The molecule has 0 bridgehead atoms. The lowest BCUT2D eigenvalue weighted by Crippen LogP contribution is -2.50. The van der Waals surface area contributed by atoms with Crippen molar-refractivity contribution in [2.45, 2.75) is 18.7 Å². The molecular weight excluding hydrogens is 390 g/mol. The number of carbonyl (C=O) groups is 1. The van der Waals surface area contributed by atoms with Gasteiger partial charge in [-0.15, -0.1) is 0 Å². The summed E-state index contributed by atoms with van der Waals surface area (Å²) in [6.45, 7) is 4.79. The van der Waals surface area contributed by atoms with Crippen LogP contribution in [0.15, 0.2) is 35.2 Å². The molecule has 3 rings (SSSR count). The summed E-state index contributed by atoms with van der Waals surface area (Å²) >= 11 is 0. The second-order valence-electron chi connectivity index (χ2n) is 6.88. The molecule has 0 aliphatic carbocycles. The first kappa shape index (κ1) is 20.8. The molecule has 1 aromatic carbocycles. The summed E-state index contributed by atoms with van der Waals surface area (Å²) in [6.07, 6.45) is 3.26. The molecule has 1 aromatic heterocycles. The summed E-state index contributed by atoms with van der Waals surface area (Å²) in [5.74, 6) is -0.165. The predicted octanol–water partition coefficient (Wildman–Crippen LogP) is 1.45. The van der Waals surface area contributed by atoms with Gasteiger partial charge >= 0.3 is 0 Å². The van der Waals surface area contributed by atoms with Crippen molar-refractivity contribution >= 4 is 22.0 Å². The minimum Gasteiger partial charge on any atom is -0.337 e. The van der Waals surface area contributed by atoms with Crippen LogP contribution >= 0.6 is 0 Å². The number of rotatable bonds is 4. The molecule has 1 saturated heterocycles. The molecule has 1 aliphatic rings. The number of nitriles is 1. The summed E-state index contributed by atoms with van der Waals surface area (Å²) in [6, 6.07) is 8.08. The van der Waals surface area contributed by atoms with Gasteiger partial charge in [-0.1, -0.05) is 12.1 Å². The molecule has 1 aliphatic heterocycles. The summed E-state index contributed by atoms with van der Waals surface area (Å²) in [5, 5.41) is 13.5. The highest BCUT2D eigenvalue weighted by Gasteiger charge is 2.31. The second kappa shape index (κ2) is 8.19. The van der Waals surface area contributed by atoms with Crippen molar-refractivity contribution in [2.24, 2.45) is 7.05 Å². The molecule has 0 atom stereocenters. The van der Waals surface area contributed by atoms with Crippen molar-refractivity contribution in [3.05, 3.63) is 52.9 Å². The summed E-state index contributed by atoms with van der Waals surface area (Å²) in [4.78, 5) is 14.2. The van der Waals surface area contributed by atoms with Gasteiger partial charge in [-0.25, -0.2) is 8.42 Å². The zero-order chi connectivity index (χ0) is 21.2. The quantitative estimate of drug-likeness (QED) is 0.707. The van der Waals surface area contributed by atoms with Crippen molar-refractivity contribution in [1.82, 2.24) is 19.0 Å². The molecule has 2 heterocycles. The Labute approximate surface area is 170 Å². The van der Waals surface area contributed by atoms with Crippen LogP contribution in [0, 0.1) is 25.2 Å². The van der Waals surface area contributed by atoms with Crippen LogP contribution in [0.4, 0.5) is 0 Å². The first-order chi connectivity index (χ1) is 13.8. The Hall–Kier alpha value is -2.96. The average molecular weight is 414 g/mol. The molecule has 2 aromatic rings. The van der Waals surface area contributed by atoms with Gasteiger partial charge in [-0.3, -0.25) is 9.48 Å². The Bertz CT molecular complexity index is 1100. The number of carbonyl (C=O) groups excluding carboxylic acids is 1. The van der Waals surface area contributed by atoms with Gasteiger partial charge in [-0.05, 0) is 32.1 Å². The normalized spacial score (nSPS) is 15.6. The molecule has 0 unspecified atom stereocenters. The number of sulfonamides is 1. The molecule has 1 fully saturated rings. The van der Waals surface area contributed by atoms with Crippen LogP contribution in [0.3, 0.4) is 0 Å². The van der Waals surface area contributed by atoms with Gasteiger partial charge in [-0.2, -0.15) is 14.7 Å². The van der Waals surface area contributed by atoms with Gasteiger partial charge in [0, 0.05) is 50.6 Å². The van der Waals surface area contributed by atoms with E-state index < -0.39 is 10.0 Å². The number of amides is 1. The van der Waals surface area contributed by atoms with E-state index in [1.165, 1.54) is 22.5 Å². The van der Waals surface area contributed by atoms with E-state index in [1.807, 2.05) is 27.0 Å². The van der Waals surface area contributed by atoms with Gasteiger partial charge < -0.3 is 4.90 Å². The van der Waals surface area contributed by atoms with Crippen molar-refractivity contribution in [2.75, 3.05) is 26.2 Å². The van der Waals surface area contributed by atoms with Gasteiger partial charge in [0.1, 0.15) is 6.07 Å². The molecular formula is C20H23N5O3S. The first-order valence-corrected chi connectivity index (χ1v) is 10.7. The molecule has 0 spiro atoms. The van der Waals surface area contributed by atoms with Crippen LogP contribution in [0.1, 0.15) is 22.5 Å². The third-order valence-electron chi connectivity index (χ3n) is 5.13. The van der Waals surface area contributed by atoms with Gasteiger partial charge in [0.15, 0.2) is 0 Å². The molecule has 1 amide bonds. The number of aryl methyl sites for hydroxylation is 2. The second-order valence-corrected chi connectivity index (χ2v) is 8.79. The predicted molar refractivity (Wildman–Crippen MR) is 108 cm³/mol. The zero-order valence-electron chi connectivity index (χ0n) is 16.7. The van der Waals surface area contributed by atoms with Crippen LogP contribution in [-0.2, 0) is 21.9 Å². The zero-order valence-corrected chi connectivity index (χ0v) is 17.5. The minimum atomic E-state index is -3.77. The number of hydrogen-bond donors (Lipinski definition) is 0. The molecule has 29 heavy (non-hydrogen) atoms. The van der Waals surface area contributed by atoms with Gasteiger partial charge in [0.05, 0.1) is 16.2 Å². The van der Waals surface area contributed by atoms with E-state index in [1.54, 1.807) is 27.8 Å². The molecule has 0 saturated carbocycles. The Morgan fingerprint density at radius 1 is 1.17 bits per heavy atom. The van der Waals surface area contributed by atoms with Crippen LogP contribution in [-0.4, -0.2) is 59.5 Å². The Balaban J connectivity index is 1.68. The van der Waals surface area contributed by atoms with E-state index in [2.05, 4.69) is 5.10 Å². The lowest BCUT2D eigenvalue weighted by Gasteiger charge is -2.33. The molecule has 0 N–H and O–H groups in total. The smallest absolute Gasteiger partial charge is 0.246 e.